The molecule has 1 rings (SSSR count). The molecule has 118 valence electrons. The number of carbonyl (C=O) groups is 1. The van der Waals surface area contributed by atoms with E-state index < -0.39 is 32.4 Å². The van der Waals surface area contributed by atoms with E-state index in [-0.39, 0.29) is 11.6 Å². The van der Waals surface area contributed by atoms with Crippen molar-refractivity contribution in [2.75, 3.05) is 5.32 Å². The van der Waals surface area contributed by atoms with E-state index in [1.807, 2.05) is 6.92 Å². The summed E-state index contributed by atoms with van der Waals surface area (Å²) in [7, 11) is -4.79. The van der Waals surface area contributed by atoms with Crippen molar-refractivity contribution in [2.24, 2.45) is 11.7 Å². The predicted molar refractivity (Wildman–Crippen MR) is 75.7 cm³/mol. The molecule has 0 heterocycles. The molecular weight excluding hydrogens is 302 g/mol. The molecule has 1 amide bonds. The van der Waals surface area contributed by atoms with Crippen LogP contribution in [-0.2, 0) is 14.6 Å². The van der Waals surface area contributed by atoms with Gasteiger partial charge in [0.2, 0.25) is 15.7 Å². The number of sulfone groups is 1. The summed E-state index contributed by atoms with van der Waals surface area (Å²) >= 11 is 0. The standard InChI is InChI=1S/C13H18F2N2O3S/c1-3-8(2)11(16)12(18)17-9-6-4-5-7-10(9)21(19,20)13(14)15/h4-8,11,13H,3,16H2,1-2H3,(H,17,18). The monoisotopic (exact) mass is 320 g/mol. The number of carbonyl (C=O) groups excluding carboxylic acids is 1. The Morgan fingerprint density at radius 1 is 1.33 bits per heavy atom. The number of hydrogen-bond acceptors (Lipinski definition) is 4. The van der Waals surface area contributed by atoms with Gasteiger partial charge >= 0.3 is 5.76 Å². The van der Waals surface area contributed by atoms with Crippen molar-refractivity contribution in [2.45, 2.75) is 37.0 Å². The molecule has 8 heteroatoms. The molecule has 2 unspecified atom stereocenters. The number of alkyl halides is 2. The predicted octanol–water partition coefficient (Wildman–Crippen LogP) is 1.99. The molecule has 0 spiro atoms. The van der Waals surface area contributed by atoms with Gasteiger partial charge in [0.15, 0.2) is 0 Å². The highest BCUT2D eigenvalue weighted by molar-refractivity contribution is 7.91. The van der Waals surface area contributed by atoms with Gasteiger partial charge < -0.3 is 11.1 Å². The van der Waals surface area contributed by atoms with Crippen molar-refractivity contribution in [3.05, 3.63) is 24.3 Å². The zero-order chi connectivity index (χ0) is 16.2. The average Bonchev–Trinajstić information content (AvgIpc) is 2.45. The maximum Gasteiger partial charge on any atom is 0.341 e. The van der Waals surface area contributed by atoms with Crippen LogP contribution < -0.4 is 11.1 Å². The van der Waals surface area contributed by atoms with E-state index in [0.717, 1.165) is 6.07 Å². The van der Waals surface area contributed by atoms with Gasteiger partial charge in [-0.15, -0.1) is 0 Å². The Balaban J connectivity index is 3.09. The van der Waals surface area contributed by atoms with Gasteiger partial charge in [-0.2, -0.15) is 8.78 Å². The van der Waals surface area contributed by atoms with Crippen LogP contribution in [0.15, 0.2) is 29.2 Å². The maximum atomic E-state index is 12.6. The lowest BCUT2D eigenvalue weighted by Gasteiger charge is -2.19. The summed E-state index contributed by atoms with van der Waals surface area (Å²) in [6.07, 6.45) is 0.658. The first-order chi connectivity index (χ1) is 9.71. The van der Waals surface area contributed by atoms with Crippen LogP contribution in [0, 0.1) is 5.92 Å². The van der Waals surface area contributed by atoms with E-state index in [0.29, 0.717) is 6.42 Å². The molecule has 21 heavy (non-hydrogen) atoms. The number of para-hydroxylation sites is 1. The summed E-state index contributed by atoms with van der Waals surface area (Å²) in [5.74, 6) is -4.29. The van der Waals surface area contributed by atoms with Gasteiger partial charge in [-0.1, -0.05) is 32.4 Å². The lowest BCUT2D eigenvalue weighted by atomic mass is 9.99. The fourth-order valence-electron chi connectivity index (χ4n) is 1.64. The van der Waals surface area contributed by atoms with Crippen LogP contribution in [0.4, 0.5) is 14.5 Å². The molecule has 0 radical (unpaired) electrons. The summed E-state index contributed by atoms with van der Waals surface area (Å²) < 4.78 is 48.4. The number of benzene rings is 1. The van der Waals surface area contributed by atoms with Gasteiger partial charge in [-0.05, 0) is 18.1 Å². The third-order valence-electron chi connectivity index (χ3n) is 3.25. The van der Waals surface area contributed by atoms with Crippen molar-refractivity contribution in [1.82, 2.24) is 0 Å². The van der Waals surface area contributed by atoms with E-state index in [2.05, 4.69) is 5.32 Å². The third-order valence-corrected chi connectivity index (χ3v) is 4.68. The minimum Gasteiger partial charge on any atom is -0.324 e. The zero-order valence-electron chi connectivity index (χ0n) is 11.7. The van der Waals surface area contributed by atoms with Gasteiger partial charge in [0.1, 0.15) is 0 Å². The van der Waals surface area contributed by atoms with Crippen LogP contribution in [0.1, 0.15) is 20.3 Å². The Morgan fingerprint density at radius 2 is 1.90 bits per heavy atom. The molecule has 2 atom stereocenters. The molecule has 0 fully saturated rings. The Labute approximate surface area is 122 Å². The smallest absolute Gasteiger partial charge is 0.324 e. The molecule has 3 N–H and O–H groups in total. The van der Waals surface area contributed by atoms with Crippen LogP contribution in [0.25, 0.3) is 0 Å². The topological polar surface area (TPSA) is 89.3 Å². The lowest BCUT2D eigenvalue weighted by molar-refractivity contribution is -0.118. The van der Waals surface area contributed by atoms with Crippen LogP contribution >= 0.6 is 0 Å². The fraction of sp³-hybridized carbons (Fsp3) is 0.462. The number of nitrogens with two attached hydrogens (primary N) is 1. The van der Waals surface area contributed by atoms with Crippen molar-refractivity contribution >= 4 is 21.4 Å². The second kappa shape index (κ2) is 6.95. The fourth-order valence-corrected chi connectivity index (χ4v) is 2.53. The van der Waals surface area contributed by atoms with E-state index >= 15 is 0 Å². The maximum absolute atomic E-state index is 12.6. The minimum atomic E-state index is -4.79. The number of anilines is 1. The Morgan fingerprint density at radius 3 is 2.43 bits per heavy atom. The highest BCUT2D eigenvalue weighted by Gasteiger charge is 2.30. The second-order valence-electron chi connectivity index (χ2n) is 4.70. The highest BCUT2D eigenvalue weighted by atomic mass is 32.2. The van der Waals surface area contributed by atoms with Crippen molar-refractivity contribution < 1.29 is 22.0 Å². The molecule has 0 aliphatic heterocycles. The summed E-state index contributed by atoms with van der Waals surface area (Å²) in [5, 5.41) is 2.31. The SMILES string of the molecule is CCC(C)C(N)C(=O)Nc1ccccc1S(=O)(=O)C(F)F. The quantitative estimate of drug-likeness (QED) is 0.839. The summed E-state index contributed by atoms with van der Waals surface area (Å²) in [6, 6.07) is 4.16. The minimum absolute atomic E-state index is 0.121. The van der Waals surface area contributed by atoms with E-state index in [4.69, 9.17) is 5.73 Å². The molecule has 0 aliphatic rings. The Kier molecular flexibility index (Phi) is 5.79. The number of nitrogens with one attached hydrogen (secondary N) is 1. The molecule has 0 aromatic heterocycles. The molecular formula is C13H18F2N2O3S. The normalized spacial score (nSPS) is 14.8. The third kappa shape index (κ3) is 3.98. The van der Waals surface area contributed by atoms with Crippen LogP contribution in [-0.4, -0.2) is 26.1 Å². The van der Waals surface area contributed by atoms with E-state index in [9.17, 15) is 22.0 Å². The summed E-state index contributed by atoms with van der Waals surface area (Å²) in [4.78, 5) is 11.3. The average molecular weight is 320 g/mol. The molecule has 1 aromatic carbocycles. The number of hydrogen-bond donors (Lipinski definition) is 2. The lowest BCUT2D eigenvalue weighted by Crippen LogP contribution is -2.40. The summed E-state index contributed by atoms with van der Waals surface area (Å²) in [5.41, 5.74) is 5.54. The van der Waals surface area contributed by atoms with Crippen molar-refractivity contribution in [1.29, 1.82) is 0 Å². The largest absolute Gasteiger partial charge is 0.341 e. The first-order valence-corrected chi connectivity index (χ1v) is 7.94. The van der Waals surface area contributed by atoms with Crippen LogP contribution in [0.2, 0.25) is 0 Å². The number of halogens is 2. The molecule has 0 bridgehead atoms. The van der Waals surface area contributed by atoms with Crippen molar-refractivity contribution in [3.8, 4) is 0 Å². The van der Waals surface area contributed by atoms with Gasteiger partial charge in [-0.3, -0.25) is 4.79 Å². The van der Waals surface area contributed by atoms with E-state index in [1.165, 1.54) is 18.2 Å². The summed E-state index contributed by atoms with van der Waals surface area (Å²) in [6.45, 7) is 3.62. The van der Waals surface area contributed by atoms with Gasteiger partial charge in [0.05, 0.1) is 16.6 Å². The second-order valence-corrected chi connectivity index (χ2v) is 6.59. The molecule has 0 saturated heterocycles. The van der Waals surface area contributed by atoms with Crippen LogP contribution in [0.3, 0.4) is 0 Å². The Bertz CT molecular complexity index is 605. The number of rotatable bonds is 6. The van der Waals surface area contributed by atoms with E-state index in [1.54, 1.807) is 6.92 Å². The number of amides is 1. The molecule has 0 aliphatic carbocycles. The van der Waals surface area contributed by atoms with Gasteiger partial charge in [0, 0.05) is 0 Å². The van der Waals surface area contributed by atoms with Crippen molar-refractivity contribution in [3.63, 3.8) is 0 Å². The molecule has 1 aromatic rings. The highest BCUT2D eigenvalue weighted by Crippen LogP contribution is 2.26. The Hall–Kier alpha value is -1.54. The van der Waals surface area contributed by atoms with Gasteiger partial charge in [0.25, 0.3) is 0 Å². The van der Waals surface area contributed by atoms with Gasteiger partial charge in [-0.25, -0.2) is 8.42 Å². The first kappa shape index (κ1) is 17.5. The molecule has 5 nitrogen and oxygen atoms in total. The first-order valence-electron chi connectivity index (χ1n) is 6.39. The molecule has 0 saturated carbocycles. The van der Waals surface area contributed by atoms with Crippen LogP contribution in [0.5, 0.6) is 0 Å². The zero-order valence-corrected chi connectivity index (χ0v) is 12.5.